The van der Waals surface area contributed by atoms with E-state index >= 15 is 0 Å². The largest absolute Gasteiger partial charge is 0.238 e. The van der Waals surface area contributed by atoms with Gasteiger partial charge in [-0.1, -0.05) is 11.8 Å². The molecular formula is C12H15NO2S. The van der Waals surface area contributed by atoms with E-state index in [4.69, 9.17) is 5.14 Å². The number of primary sulfonamides is 1. The van der Waals surface area contributed by atoms with Gasteiger partial charge >= 0.3 is 0 Å². The van der Waals surface area contributed by atoms with Crippen molar-refractivity contribution < 1.29 is 8.42 Å². The van der Waals surface area contributed by atoms with E-state index < -0.39 is 10.0 Å². The summed E-state index contributed by atoms with van der Waals surface area (Å²) in [6.45, 7) is 6.04. The van der Waals surface area contributed by atoms with Gasteiger partial charge in [0.1, 0.15) is 0 Å². The zero-order valence-electron chi connectivity index (χ0n) is 9.61. The second-order valence-corrected chi connectivity index (χ2v) is 6.13. The van der Waals surface area contributed by atoms with Crippen molar-refractivity contribution in [3.05, 3.63) is 29.8 Å². The fourth-order valence-electron chi connectivity index (χ4n) is 0.988. The molecule has 0 unspecified atom stereocenters. The third-order valence-corrected chi connectivity index (χ3v) is 2.69. The van der Waals surface area contributed by atoms with E-state index in [1.165, 1.54) is 12.1 Å². The molecule has 1 aromatic carbocycles. The molecule has 1 rings (SSSR count). The van der Waals surface area contributed by atoms with Gasteiger partial charge in [-0.3, -0.25) is 0 Å². The molecule has 0 fully saturated rings. The first-order valence-electron chi connectivity index (χ1n) is 4.84. The Morgan fingerprint density at radius 3 is 2.00 bits per heavy atom. The van der Waals surface area contributed by atoms with Crippen molar-refractivity contribution in [1.29, 1.82) is 0 Å². The zero-order valence-corrected chi connectivity index (χ0v) is 10.4. The number of rotatable bonds is 1. The van der Waals surface area contributed by atoms with Crippen molar-refractivity contribution in [1.82, 2.24) is 0 Å². The lowest BCUT2D eigenvalue weighted by Crippen LogP contribution is -2.11. The molecule has 0 heterocycles. The molecule has 16 heavy (non-hydrogen) atoms. The van der Waals surface area contributed by atoms with Crippen molar-refractivity contribution >= 4 is 10.0 Å². The predicted octanol–water partition coefficient (Wildman–Crippen LogP) is 1.73. The molecule has 86 valence electrons. The first kappa shape index (κ1) is 12.8. The highest BCUT2D eigenvalue weighted by Gasteiger charge is 2.06. The van der Waals surface area contributed by atoms with Crippen molar-refractivity contribution in [3.63, 3.8) is 0 Å². The molecule has 0 saturated carbocycles. The van der Waals surface area contributed by atoms with Gasteiger partial charge in [-0.2, -0.15) is 0 Å². The minimum absolute atomic E-state index is 0.0708. The van der Waals surface area contributed by atoms with E-state index in [0.717, 1.165) is 5.56 Å². The predicted molar refractivity (Wildman–Crippen MR) is 64.1 cm³/mol. The maximum Gasteiger partial charge on any atom is 0.238 e. The summed E-state index contributed by atoms with van der Waals surface area (Å²) in [6.07, 6.45) is 0. The summed E-state index contributed by atoms with van der Waals surface area (Å²) < 4.78 is 22.0. The Labute approximate surface area is 96.7 Å². The topological polar surface area (TPSA) is 60.2 Å². The van der Waals surface area contributed by atoms with Gasteiger partial charge < -0.3 is 0 Å². The molecule has 2 N–H and O–H groups in total. The second-order valence-electron chi connectivity index (χ2n) is 4.57. The van der Waals surface area contributed by atoms with Gasteiger partial charge in [-0.25, -0.2) is 13.6 Å². The molecule has 0 bridgehead atoms. The van der Waals surface area contributed by atoms with Crippen LogP contribution in [0.3, 0.4) is 0 Å². The normalized spacial score (nSPS) is 11.8. The lowest BCUT2D eigenvalue weighted by Gasteiger charge is -2.06. The van der Waals surface area contributed by atoms with Gasteiger partial charge in [0, 0.05) is 11.0 Å². The van der Waals surface area contributed by atoms with E-state index in [1.807, 2.05) is 20.8 Å². The van der Waals surface area contributed by atoms with Crippen LogP contribution in [0.2, 0.25) is 0 Å². The summed E-state index contributed by atoms with van der Waals surface area (Å²) in [7, 11) is -3.61. The molecule has 0 saturated heterocycles. The Kier molecular flexibility index (Phi) is 3.41. The minimum Gasteiger partial charge on any atom is -0.225 e. The van der Waals surface area contributed by atoms with Crippen LogP contribution in [0.1, 0.15) is 26.3 Å². The average Bonchev–Trinajstić information content (AvgIpc) is 2.13. The van der Waals surface area contributed by atoms with E-state index in [-0.39, 0.29) is 10.3 Å². The zero-order chi connectivity index (χ0) is 12.4. The highest BCUT2D eigenvalue weighted by atomic mass is 32.2. The monoisotopic (exact) mass is 237 g/mol. The molecule has 0 aliphatic heterocycles. The molecular weight excluding hydrogens is 222 g/mol. The van der Waals surface area contributed by atoms with Crippen LogP contribution in [0, 0.1) is 17.3 Å². The first-order valence-corrected chi connectivity index (χ1v) is 6.39. The Morgan fingerprint density at radius 1 is 1.12 bits per heavy atom. The second kappa shape index (κ2) is 4.28. The van der Waals surface area contributed by atoms with Gasteiger partial charge in [0.05, 0.1) is 4.90 Å². The maximum absolute atomic E-state index is 11.0. The minimum atomic E-state index is -3.61. The van der Waals surface area contributed by atoms with E-state index in [9.17, 15) is 8.42 Å². The molecule has 0 amide bonds. The van der Waals surface area contributed by atoms with Gasteiger partial charge in [-0.05, 0) is 45.0 Å². The third kappa shape index (κ3) is 4.05. The van der Waals surface area contributed by atoms with Crippen LogP contribution in [0.5, 0.6) is 0 Å². The number of hydrogen-bond donors (Lipinski definition) is 1. The van der Waals surface area contributed by atoms with Crippen molar-refractivity contribution in [2.45, 2.75) is 25.7 Å². The maximum atomic E-state index is 11.0. The molecule has 0 aromatic heterocycles. The summed E-state index contributed by atoms with van der Waals surface area (Å²) in [5.41, 5.74) is 0.709. The number of hydrogen-bond acceptors (Lipinski definition) is 2. The van der Waals surface area contributed by atoms with Crippen molar-refractivity contribution in [3.8, 4) is 11.8 Å². The molecule has 4 heteroatoms. The SMILES string of the molecule is CC(C)(C)C#Cc1ccc(S(N)(=O)=O)cc1. The van der Waals surface area contributed by atoms with Crippen LogP contribution in [-0.2, 0) is 10.0 Å². The molecule has 0 atom stereocenters. The summed E-state index contributed by atoms with van der Waals surface area (Å²) >= 11 is 0. The van der Waals surface area contributed by atoms with Gasteiger partial charge in [0.25, 0.3) is 0 Å². The molecule has 0 aliphatic carbocycles. The number of nitrogens with two attached hydrogens (primary N) is 1. The fourth-order valence-corrected chi connectivity index (χ4v) is 1.50. The summed E-state index contributed by atoms with van der Waals surface area (Å²) in [5.74, 6) is 6.04. The lowest BCUT2D eigenvalue weighted by atomic mass is 9.97. The third-order valence-electron chi connectivity index (χ3n) is 1.76. The van der Waals surface area contributed by atoms with Gasteiger partial charge in [0.15, 0.2) is 0 Å². The summed E-state index contributed by atoms with van der Waals surface area (Å²) in [4.78, 5) is 0.105. The van der Waals surface area contributed by atoms with Crippen molar-refractivity contribution in [2.24, 2.45) is 10.6 Å². The lowest BCUT2D eigenvalue weighted by molar-refractivity contribution is 0.571. The van der Waals surface area contributed by atoms with Crippen molar-refractivity contribution in [2.75, 3.05) is 0 Å². The van der Waals surface area contributed by atoms with Crippen LogP contribution in [0.4, 0.5) is 0 Å². The van der Waals surface area contributed by atoms with E-state index in [1.54, 1.807) is 12.1 Å². The highest BCUT2D eigenvalue weighted by Crippen LogP contribution is 2.12. The van der Waals surface area contributed by atoms with Gasteiger partial charge in [0.2, 0.25) is 10.0 Å². The number of sulfonamides is 1. The van der Waals surface area contributed by atoms with Crippen LogP contribution in [0.25, 0.3) is 0 Å². The molecule has 0 radical (unpaired) electrons. The van der Waals surface area contributed by atoms with Gasteiger partial charge in [-0.15, -0.1) is 0 Å². The standard InChI is InChI=1S/C12H15NO2S/c1-12(2,3)9-8-10-4-6-11(7-5-10)16(13,14)15/h4-7H,1-3H3,(H2,13,14,15). The highest BCUT2D eigenvalue weighted by molar-refractivity contribution is 7.89. The number of benzene rings is 1. The Morgan fingerprint density at radius 2 is 1.62 bits per heavy atom. The fraction of sp³-hybridized carbons (Fsp3) is 0.333. The Balaban J connectivity index is 3.00. The molecule has 3 nitrogen and oxygen atoms in total. The van der Waals surface area contributed by atoms with Crippen LogP contribution in [0.15, 0.2) is 29.2 Å². The first-order chi connectivity index (χ1) is 7.18. The quantitative estimate of drug-likeness (QED) is 0.756. The van der Waals surface area contributed by atoms with Crippen LogP contribution in [-0.4, -0.2) is 8.42 Å². The molecule has 0 spiro atoms. The van der Waals surface area contributed by atoms with E-state index in [0.29, 0.717) is 0 Å². The molecule has 0 aliphatic rings. The summed E-state index contributed by atoms with van der Waals surface area (Å²) in [6, 6.07) is 6.22. The Hall–Kier alpha value is -1.31. The smallest absolute Gasteiger partial charge is 0.225 e. The van der Waals surface area contributed by atoms with E-state index in [2.05, 4.69) is 11.8 Å². The van der Waals surface area contributed by atoms with Crippen LogP contribution < -0.4 is 5.14 Å². The van der Waals surface area contributed by atoms with Crippen LogP contribution >= 0.6 is 0 Å². The summed E-state index contributed by atoms with van der Waals surface area (Å²) in [5, 5.41) is 4.99. The molecule has 1 aromatic rings. The Bertz CT molecular complexity index is 525. The average molecular weight is 237 g/mol.